The molecule has 4 atom stereocenters. The largest absolute Gasteiger partial charge is 0.413 e. The third kappa shape index (κ3) is 7.19. The molecule has 3 N–H and O–H groups in total. The van der Waals surface area contributed by atoms with Crippen molar-refractivity contribution < 1.29 is 14.3 Å². The second-order valence-corrected chi connectivity index (χ2v) is 20.0. The van der Waals surface area contributed by atoms with Crippen LogP contribution in [0.5, 0.6) is 0 Å². The van der Waals surface area contributed by atoms with Crippen molar-refractivity contribution in [3.8, 4) is 0 Å². The van der Waals surface area contributed by atoms with E-state index in [1.165, 1.54) is 17.7 Å². The summed E-state index contributed by atoms with van der Waals surface area (Å²) in [5.41, 5.74) is 3.50. The summed E-state index contributed by atoms with van der Waals surface area (Å²) in [6.07, 6.45) is 4.42. The van der Waals surface area contributed by atoms with Crippen molar-refractivity contribution in [2.24, 2.45) is 5.92 Å². The van der Waals surface area contributed by atoms with Gasteiger partial charge in [-0.25, -0.2) is 9.97 Å². The SMILES string of the molecule is CNC(c1cccc(Cl)c1)c1cc(C(=O)c2cncnc2N[C@@H]2C[C@H](CO)[C@@H](O[Si](C(C)C)(C(C)C)C(C)C)C2)sc1Cl. The van der Waals surface area contributed by atoms with Crippen LogP contribution >= 0.6 is 34.5 Å². The molecule has 2 heterocycles. The maximum absolute atomic E-state index is 13.8. The lowest BCUT2D eigenvalue weighted by molar-refractivity contribution is 0.0941. The summed E-state index contributed by atoms with van der Waals surface area (Å²) in [4.78, 5) is 23.0. The predicted molar refractivity (Wildman–Crippen MR) is 180 cm³/mol. The molecule has 0 radical (unpaired) electrons. The van der Waals surface area contributed by atoms with Gasteiger partial charge in [0.2, 0.25) is 14.1 Å². The molecule has 0 saturated heterocycles. The number of aliphatic hydroxyl groups excluding tert-OH is 1. The first-order valence-corrected chi connectivity index (χ1v) is 18.8. The smallest absolute Gasteiger partial charge is 0.208 e. The van der Waals surface area contributed by atoms with Gasteiger partial charge in [-0.05, 0) is 60.3 Å². The molecule has 1 saturated carbocycles. The maximum Gasteiger partial charge on any atom is 0.208 e. The van der Waals surface area contributed by atoms with Crippen LogP contribution < -0.4 is 10.6 Å². The normalized spacial score (nSPS) is 19.9. The Balaban J connectivity index is 1.56. The van der Waals surface area contributed by atoms with E-state index in [4.69, 9.17) is 27.6 Å². The third-order valence-electron chi connectivity index (χ3n) is 8.94. The second-order valence-electron chi connectivity index (χ2n) is 12.5. The molecule has 1 aliphatic carbocycles. The van der Waals surface area contributed by atoms with Crippen LogP contribution in [-0.2, 0) is 4.43 Å². The molecule has 7 nitrogen and oxygen atoms in total. The molecule has 234 valence electrons. The average Bonchev–Trinajstić information content (AvgIpc) is 3.54. The minimum absolute atomic E-state index is 0.000715. The molecule has 3 aromatic rings. The number of aromatic nitrogens is 2. The highest BCUT2D eigenvalue weighted by Crippen LogP contribution is 2.46. The minimum Gasteiger partial charge on any atom is -0.413 e. The van der Waals surface area contributed by atoms with Crippen molar-refractivity contribution in [2.75, 3.05) is 19.0 Å². The van der Waals surface area contributed by atoms with Gasteiger partial charge in [0.05, 0.1) is 26.9 Å². The molecule has 0 aliphatic heterocycles. The van der Waals surface area contributed by atoms with Crippen LogP contribution in [0.25, 0.3) is 0 Å². The highest BCUT2D eigenvalue weighted by Gasteiger charge is 2.49. The van der Waals surface area contributed by atoms with E-state index in [-0.39, 0.29) is 36.5 Å². The number of hydrogen-bond donors (Lipinski definition) is 3. The monoisotopic (exact) mass is 662 g/mol. The summed E-state index contributed by atoms with van der Waals surface area (Å²) in [7, 11) is -0.281. The first kappa shape index (κ1) is 34.0. The van der Waals surface area contributed by atoms with E-state index in [9.17, 15) is 9.90 Å². The van der Waals surface area contributed by atoms with E-state index in [1.54, 1.807) is 6.20 Å². The van der Waals surface area contributed by atoms with Crippen molar-refractivity contribution in [2.45, 2.75) is 89.2 Å². The molecule has 0 bridgehead atoms. The molecule has 1 unspecified atom stereocenters. The zero-order valence-electron chi connectivity index (χ0n) is 26.0. The van der Waals surface area contributed by atoms with Crippen LogP contribution in [0.1, 0.15) is 86.8 Å². The average molecular weight is 664 g/mol. The van der Waals surface area contributed by atoms with Crippen molar-refractivity contribution in [3.05, 3.63) is 73.8 Å². The van der Waals surface area contributed by atoms with Gasteiger partial charge in [0, 0.05) is 35.3 Å². The van der Waals surface area contributed by atoms with Crippen LogP contribution in [-0.4, -0.2) is 55.0 Å². The summed E-state index contributed by atoms with van der Waals surface area (Å²) < 4.78 is 7.64. The number of nitrogens with zero attached hydrogens (tertiary/aromatic N) is 2. The zero-order valence-corrected chi connectivity index (χ0v) is 29.4. The topological polar surface area (TPSA) is 96.4 Å². The molecular weight excluding hydrogens is 619 g/mol. The number of carbonyl (C=O) groups excluding carboxylic acids is 1. The fraction of sp³-hybridized carbons (Fsp3) is 0.531. The van der Waals surface area contributed by atoms with E-state index in [1.807, 2.05) is 37.4 Å². The first-order valence-electron chi connectivity index (χ1n) is 15.0. The zero-order chi connectivity index (χ0) is 31.5. The number of ketones is 1. The number of aliphatic hydroxyl groups is 1. The molecule has 1 fully saturated rings. The van der Waals surface area contributed by atoms with Crippen molar-refractivity contribution in [1.29, 1.82) is 0 Å². The number of rotatable bonds is 13. The second kappa shape index (κ2) is 14.5. The number of anilines is 1. The third-order valence-corrected chi connectivity index (χ3v) is 16.7. The van der Waals surface area contributed by atoms with Gasteiger partial charge < -0.3 is 20.2 Å². The van der Waals surface area contributed by atoms with E-state index in [0.29, 0.717) is 42.2 Å². The molecule has 1 aromatic carbocycles. The fourth-order valence-electron chi connectivity index (χ4n) is 7.03. The number of carbonyl (C=O) groups is 1. The van der Waals surface area contributed by atoms with E-state index < -0.39 is 8.32 Å². The Labute approximate surface area is 270 Å². The Hall–Kier alpha value is -1.85. The van der Waals surface area contributed by atoms with Gasteiger partial charge in [-0.1, -0.05) is 76.9 Å². The first-order chi connectivity index (χ1) is 20.4. The summed E-state index contributed by atoms with van der Waals surface area (Å²) in [5.74, 6) is 0.302. The van der Waals surface area contributed by atoms with Gasteiger partial charge in [-0.15, -0.1) is 11.3 Å². The molecule has 0 amide bonds. The summed E-state index contributed by atoms with van der Waals surface area (Å²) in [6, 6.07) is 9.19. The summed E-state index contributed by atoms with van der Waals surface area (Å²) in [5, 5.41) is 17.8. The van der Waals surface area contributed by atoms with Crippen LogP contribution in [0.15, 0.2) is 42.9 Å². The maximum atomic E-state index is 13.8. The van der Waals surface area contributed by atoms with Gasteiger partial charge >= 0.3 is 0 Å². The van der Waals surface area contributed by atoms with E-state index in [0.717, 1.165) is 24.0 Å². The van der Waals surface area contributed by atoms with Gasteiger partial charge in [-0.3, -0.25) is 4.79 Å². The Kier molecular flexibility index (Phi) is 11.5. The molecular formula is C32H44Cl2N4O3SSi. The number of hydrogen-bond acceptors (Lipinski definition) is 8. The van der Waals surface area contributed by atoms with Crippen molar-refractivity contribution in [3.63, 3.8) is 0 Å². The Morgan fingerprint density at radius 3 is 2.42 bits per heavy atom. The number of thiophene rings is 1. The summed E-state index contributed by atoms with van der Waals surface area (Å²) in [6.45, 7) is 13.7. The summed E-state index contributed by atoms with van der Waals surface area (Å²) >= 11 is 14.2. The lowest BCUT2D eigenvalue weighted by Gasteiger charge is -2.45. The fourth-order valence-corrected chi connectivity index (χ4v) is 14.1. The lowest BCUT2D eigenvalue weighted by Crippen LogP contribution is -2.51. The van der Waals surface area contributed by atoms with Crippen molar-refractivity contribution in [1.82, 2.24) is 15.3 Å². The van der Waals surface area contributed by atoms with Gasteiger partial charge in [0.1, 0.15) is 12.1 Å². The lowest BCUT2D eigenvalue weighted by atomic mass is 10.0. The highest BCUT2D eigenvalue weighted by molar-refractivity contribution is 7.18. The Bertz CT molecular complexity index is 1380. The number of halogens is 2. The Morgan fingerprint density at radius 1 is 1.12 bits per heavy atom. The number of benzene rings is 1. The molecule has 0 spiro atoms. The minimum atomic E-state index is -2.13. The van der Waals surface area contributed by atoms with Crippen molar-refractivity contribution >= 4 is 54.5 Å². The van der Waals surface area contributed by atoms with Gasteiger partial charge in [0.25, 0.3) is 0 Å². The van der Waals surface area contributed by atoms with Crippen LogP contribution in [0.3, 0.4) is 0 Å². The standard InChI is InChI=1S/C32H44Cl2N4O3SSi/c1-18(2)43(19(3)4,20(5)6)41-27-13-24(12-22(27)16-39)38-32-26(15-36-17-37-32)30(40)28-14-25(31(34)42-28)29(35-7)21-9-8-10-23(33)11-21/h8-11,14-15,17-20,22,24,27,29,35,39H,12-13,16H2,1-7H3,(H,36,37,38)/t22-,24-,27+,29?/m1/s1. The molecule has 43 heavy (non-hydrogen) atoms. The van der Waals surface area contributed by atoms with Crippen LogP contribution in [0.4, 0.5) is 5.82 Å². The van der Waals surface area contributed by atoms with Crippen LogP contribution in [0, 0.1) is 5.92 Å². The van der Waals surface area contributed by atoms with Crippen LogP contribution in [0.2, 0.25) is 26.0 Å². The van der Waals surface area contributed by atoms with Gasteiger partial charge in [0.15, 0.2) is 0 Å². The molecule has 4 rings (SSSR count). The molecule has 11 heteroatoms. The van der Waals surface area contributed by atoms with E-state index in [2.05, 4.69) is 62.1 Å². The quantitative estimate of drug-likeness (QED) is 0.126. The highest BCUT2D eigenvalue weighted by atomic mass is 35.5. The number of nitrogens with one attached hydrogen (secondary N) is 2. The predicted octanol–water partition coefficient (Wildman–Crippen LogP) is 8.13. The molecule has 2 aromatic heterocycles. The van der Waals surface area contributed by atoms with E-state index >= 15 is 0 Å². The Morgan fingerprint density at radius 2 is 1.81 bits per heavy atom. The van der Waals surface area contributed by atoms with Gasteiger partial charge in [-0.2, -0.15) is 0 Å². The molecule has 1 aliphatic rings.